The molecule has 1 atom stereocenters. The van der Waals surface area contributed by atoms with Crippen molar-refractivity contribution in [1.82, 2.24) is 0 Å². The second kappa shape index (κ2) is 7.30. The average Bonchev–Trinajstić information content (AvgIpc) is 2.42. The molecule has 0 bridgehead atoms. The van der Waals surface area contributed by atoms with Crippen LogP contribution in [0.2, 0.25) is 0 Å². The molecule has 0 spiro atoms. The minimum Gasteiger partial charge on any atom is -0.465 e. The summed E-state index contributed by atoms with van der Waals surface area (Å²) in [6, 6.07) is 8.80. The first-order chi connectivity index (χ1) is 10.0. The zero-order valence-electron chi connectivity index (χ0n) is 15.3. The number of carbonyl (C=O) groups excluding carboxylic acids is 1. The van der Waals surface area contributed by atoms with Gasteiger partial charge >= 0.3 is 5.97 Å². The number of esters is 1. The molecule has 0 amide bonds. The Balaban J connectivity index is 2.97. The Kier molecular flexibility index (Phi) is 6.22. The van der Waals surface area contributed by atoms with E-state index in [1.807, 2.05) is 0 Å². The maximum atomic E-state index is 11.2. The Hall–Kier alpha value is -1.31. The van der Waals surface area contributed by atoms with Gasteiger partial charge in [0.1, 0.15) is 0 Å². The molecule has 0 aliphatic heterocycles. The number of benzene rings is 1. The minimum absolute atomic E-state index is 0.159. The standard InChI is InChI=1S/C20H32O2/c1-8-20(6,7)13-17(14-22-15(2)21)16-9-11-18(12-10-16)19(3,4)5/h9-12,17H,8,13-14H2,1-7H3/t17-/m0/s1. The zero-order chi connectivity index (χ0) is 17.0. The van der Waals surface area contributed by atoms with E-state index >= 15 is 0 Å². The molecular weight excluding hydrogens is 272 g/mol. The number of rotatable bonds is 6. The Morgan fingerprint density at radius 2 is 1.64 bits per heavy atom. The van der Waals surface area contributed by atoms with Crippen LogP contribution in [0, 0.1) is 5.41 Å². The van der Waals surface area contributed by atoms with Gasteiger partial charge in [0.2, 0.25) is 0 Å². The van der Waals surface area contributed by atoms with Crippen molar-refractivity contribution in [2.75, 3.05) is 6.61 Å². The van der Waals surface area contributed by atoms with Gasteiger partial charge in [-0.3, -0.25) is 4.79 Å². The van der Waals surface area contributed by atoms with Crippen LogP contribution in [0.15, 0.2) is 24.3 Å². The molecule has 124 valence electrons. The molecule has 2 heteroatoms. The van der Waals surface area contributed by atoms with Crippen molar-refractivity contribution >= 4 is 5.97 Å². The average molecular weight is 304 g/mol. The van der Waals surface area contributed by atoms with Gasteiger partial charge in [-0.15, -0.1) is 0 Å². The van der Waals surface area contributed by atoms with Gasteiger partial charge in [0.15, 0.2) is 0 Å². The normalized spacial score (nSPS) is 13.8. The van der Waals surface area contributed by atoms with Crippen LogP contribution in [-0.2, 0) is 14.9 Å². The van der Waals surface area contributed by atoms with Gasteiger partial charge in [0.05, 0.1) is 6.61 Å². The summed E-state index contributed by atoms with van der Waals surface area (Å²) in [4.78, 5) is 11.2. The van der Waals surface area contributed by atoms with E-state index in [2.05, 4.69) is 65.8 Å². The van der Waals surface area contributed by atoms with Gasteiger partial charge in [-0.2, -0.15) is 0 Å². The van der Waals surface area contributed by atoms with Crippen LogP contribution in [0.5, 0.6) is 0 Å². The monoisotopic (exact) mass is 304 g/mol. The number of hydrogen-bond donors (Lipinski definition) is 0. The fourth-order valence-electron chi connectivity index (χ4n) is 2.56. The lowest BCUT2D eigenvalue weighted by molar-refractivity contribution is -0.141. The van der Waals surface area contributed by atoms with Gasteiger partial charge in [-0.05, 0) is 28.4 Å². The molecule has 0 radical (unpaired) electrons. The molecule has 1 aromatic carbocycles. The molecule has 0 aliphatic rings. The number of carbonyl (C=O) groups is 1. The smallest absolute Gasteiger partial charge is 0.302 e. The maximum absolute atomic E-state index is 11.2. The van der Waals surface area contributed by atoms with Crippen LogP contribution in [-0.4, -0.2) is 12.6 Å². The molecule has 0 aromatic heterocycles. The van der Waals surface area contributed by atoms with Crippen molar-refractivity contribution in [2.45, 2.75) is 72.6 Å². The van der Waals surface area contributed by atoms with Crippen molar-refractivity contribution in [3.8, 4) is 0 Å². The summed E-state index contributed by atoms with van der Waals surface area (Å²) < 4.78 is 5.31. The first-order valence-electron chi connectivity index (χ1n) is 8.29. The fraction of sp³-hybridized carbons (Fsp3) is 0.650. The summed E-state index contributed by atoms with van der Waals surface area (Å²) >= 11 is 0. The first kappa shape index (κ1) is 18.7. The summed E-state index contributed by atoms with van der Waals surface area (Å²) in [6.45, 7) is 15.4. The Morgan fingerprint density at radius 3 is 2.05 bits per heavy atom. The topological polar surface area (TPSA) is 26.3 Å². The SMILES string of the molecule is CCC(C)(C)C[C@@H](COC(C)=O)c1ccc(C(C)(C)C)cc1. The van der Waals surface area contributed by atoms with E-state index in [1.54, 1.807) is 0 Å². The molecule has 0 saturated heterocycles. The van der Waals surface area contributed by atoms with Gasteiger partial charge in [0.25, 0.3) is 0 Å². The first-order valence-corrected chi connectivity index (χ1v) is 8.29. The lowest BCUT2D eigenvalue weighted by Crippen LogP contribution is -2.20. The van der Waals surface area contributed by atoms with E-state index in [9.17, 15) is 4.79 Å². The van der Waals surface area contributed by atoms with Crippen molar-refractivity contribution < 1.29 is 9.53 Å². The van der Waals surface area contributed by atoms with Crippen LogP contribution in [0.4, 0.5) is 0 Å². The van der Waals surface area contributed by atoms with E-state index in [1.165, 1.54) is 18.1 Å². The third kappa shape index (κ3) is 5.82. The van der Waals surface area contributed by atoms with Crippen LogP contribution in [0.1, 0.15) is 78.4 Å². The summed E-state index contributed by atoms with van der Waals surface area (Å²) in [5, 5.41) is 0. The third-order valence-corrected chi connectivity index (χ3v) is 4.49. The van der Waals surface area contributed by atoms with Gasteiger partial charge in [-0.25, -0.2) is 0 Å². The number of ether oxygens (including phenoxy) is 1. The molecular formula is C20H32O2. The number of hydrogen-bond acceptors (Lipinski definition) is 2. The van der Waals surface area contributed by atoms with Gasteiger partial charge in [-0.1, -0.05) is 72.2 Å². The van der Waals surface area contributed by atoms with E-state index < -0.39 is 0 Å². The Morgan fingerprint density at radius 1 is 1.09 bits per heavy atom. The van der Waals surface area contributed by atoms with Crippen molar-refractivity contribution in [3.63, 3.8) is 0 Å². The molecule has 22 heavy (non-hydrogen) atoms. The van der Waals surface area contributed by atoms with Crippen molar-refractivity contribution in [2.24, 2.45) is 5.41 Å². The second-order valence-electron chi connectivity index (χ2n) is 8.09. The van der Waals surface area contributed by atoms with Crippen LogP contribution in [0.3, 0.4) is 0 Å². The molecule has 0 N–H and O–H groups in total. The minimum atomic E-state index is -0.203. The second-order valence-corrected chi connectivity index (χ2v) is 8.09. The highest BCUT2D eigenvalue weighted by Crippen LogP contribution is 2.35. The molecule has 0 unspecified atom stereocenters. The highest BCUT2D eigenvalue weighted by Gasteiger charge is 2.24. The van der Waals surface area contributed by atoms with E-state index in [0.29, 0.717) is 6.61 Å². The van der Waals surface area contributed by atoms with E-state index in [0.717, 1.165) is 12.8 Å². The van der Waals surface area contributed by atoms with E-state index in [-0.39, 0.29) is 22.7 Å². The van der Waals surface area contributed by atoms with Crippen LogP contribution >= 0.6 is 0 Å². The summed E-state index contributed by atoms with van der Waals surface area (Å²) in [5.74, 6) is 0.0542. The fourth-order valence-corrected chi connectivity index (χ4v) is 2.56. The predicted octanol–water partition coefficient (Wildman–Crippen LogP) is 5.46. The molecule has 1 aromatic rings. The highest BCUT2D eigenvalue weighted by molar-refractivity contribution is 5.65. The van der Waals surface area contributed by atoms with Crippen LogP contribution < -0.4 is 0 Å². The quantitative estimate of drug-likeness (QED) is 0.653. The molecule has 0 heterocycles. The van der Waals surface area contributed by atoms with Gasteiger partial charge < -0.3 is 4.74 Å². The maximum Gasteiger partial charge on any atom is 0.302 e. The van der Waals surface area contributed by atoms with Crippen molar-refractivity contribution in [3.05, 3.63) is 35.4 Å². The lowest BCUT2D eigenvalue weighted by atomic mass is 9.78. The van der Waals surface area contributed by atoms with Gasteiger partial charge in [0, 0.05) is 12.8 Å². The molecule has 0 saturated carbocycles. The molecule has 1 rings (SSSR count). The van der Waals surface area contributed by atoms with E-state index in [4.69, 9.17) is 4.74 Å². The lowest BCUT2D eigenvalue weighted by Gasteiger charge is -2.29. The van der Waals surface area contributed by atoms with Crippen molar-refractivity contribution in [1.29, 1.82) is 0 Å². The predicted molar refractivity (Wildman–Crippen MR) is 93.2 cm³/mol. The largest absolute Gasteiger partial charge is 0.465 e. The summed E-state index contributed by atoms with van der Waals surface area (Å²) in [7, 11) is 0. The third-order valence-electron chi connectivity index (χ3n) is 4.49. The van der Waals surface area contributed by atoms with Crippen LogP contribution in [0.25, 0.3) is 0 Å². The zero-order valence-corrected chi connectivity index (χ0v) is 15.3. The Labute approximate surface area is 136 Å². The summed E-state index contributed by atoms with van der Waals surface area (Å²) in [6.07, 6.45) is 2.13. The highest BCUT2D eigenvalue weighted by atomic mass is 16.5. The Bertz CT molecular complexity index is 477. The molecule has 0 aliphatic carbocycles. The molecule has 2 nitrogen and oxygen atoms in total. The summed E-state index contributed by atoms with van der Waals surface area (Å²) in [5.41, 5.74) is 2.99. The molecule has 0 fully saturated rings.